The molecule has 0 radical (unpaired) electrons. The smallest absolute Gasteiger partial charge is 0.163 e. The van der Waals surface area contributed by atoms with Crippen molar-refractivity contribution < 1.29 is 9.90 Å². The molecule has 0 atom stereocenters. The third-order valence-electron chi connectivity index (χ3n) is 3.22. The summed E-state index contributed by atoms with van der Waals surface area (Å²) in [5.41, 5.74) is 3.76. The van der Waals surface area contributed by atoms with Crippen LogP contribution in [0.15, 0.2) is 48.5 Å². The Hall–Kier alpha value is -1.93. The van der Waals surface area contributed by atoms with Crippen molar-refractivity contribution in [1.82, 2.24) is 0 Å². The molecule has 0 bridgehead atoms. The Labute approximate surface area is 113 Å². The summed E-state index contributed by atoms with van der Waals surface area (Å²) in [4.78, 5) is 12.1. The fourth-order valence-corrected chi connectivity index (χ4v) is 2.30. The highest BCUT2D eigenvalue weighted by Crippen LogP contribution is 2.29. The molecule has 2 heteroatoms. The van der Waals surface area contributed by atoms with E-state index in [1.165, 1.54) is 0 Å². The van der Waals surface area contributed by atoms with E-state index in [2.05, 4.69) is 0 Å². The Morgan fingerprint density at radius 3 is 2.42 bits per heavy atom. The molecule has 2 rings (SSSR count). The first-order chi connectivity index (χ1) is 9.27. The molecule has 0 heterocycles. The third-order valence-corrected chi connectivity index (χ3v) is 3.22. The van der Waals surface area contributed by atoms with Crippen molar-refractivity contribution in [3.63, 3.8) is 0 Å². The summed E-state index contributed by atoms with van der Waals surface area (Å²) < 4.78 is 0. The van der Waals surface area contributed by atoms with E-state index in [0.29, 0.717) is 12.8 Å². The first kappa shape index (κ1) is 13.5. The molecule has 2 aromatic rings. The van der Waals surface area contributed by atoms with Gasteiger partial charge in [-0.25, -0.2) is 0 Å². The monoisotopic (exact) mass is 254 g/mol. The first-order valence-electron chi connectivity index (χ1n) is 6.59. The first-order valence-corrected chi connectivity index (χ1v) is 6.59. The zero-order chi connectivity index (χ0) is 13.7. The van der Waals surface area contributed by atoms with E-state index in [1.54, 1.807) is 0 Å². The lowest BCUT2D eigenvalue weighted by Gasteiger charge is -2.13. The topological polar surface area (TPSA) is 37.3 Å². The van der Waals surface area contributed by atoms with Gasteiger partial charge in [0.05, 0.1) is 0 Å². The maximum absolute atomic E-state index is 12.1. The molecule has 19 heavy (non-hydrogen) atoms. The quantitative estimate of drug-likeness (QED) is 0.829. The van der Waals surface area contributed by atoms with Crippen LogP contribution in [-0.4, -0.2) is 17.5 Å². The lowest BCUT2D eigenvalue weighted by atomic mass is 9.90. The number of hydrogen-bond acceptors (Lipinski definition) is 2. The van der Waals surface area contributed by atoms with Gasteiger partial charge in [0.1, 0.15) is 0 Å². The molecule has 0 unspecified atom stereocenters. The van der Waals surface area contributed by atoms with Gasteiger partial charge in [0.2, 0.25) is 0 Å². The summed E-state index contributed by atoms with van der Waals surface area (Å²) in [6.07, 6.45) is 1.05. The zero-order valence-electron chi connectivity index (χ0n) is 11.1. The number of aliphatic hydroxyl groups is 1. The second-order valence-corrected chi connectivity index (χ2v) is 4.46. The fraction of sp³-hybridized carbons (Fsp3) is 0.235. The molecule has 0 spiro atoms. The van der Waals surface area contributed by atoms with Crippen LogP contribution < -0.4 is 0 Å². The van der Waals surface area contributed by atoms with Crippen LogP contribution in [-0.2, 0) is 6.42 Å². The van der Waals surface area contributed by atoms with E-state index < -0.39 is 0 Å². The van der Waals surface area contributed by atoms with Crippen molar-refractivity contribution in [3.8, 4) is 11.1 Å². The minimum atomic E-state index is 0.0869. The second kappa shape index (κ2) is 6.30. The van der Waals surface area contributed by atoms with E-state index in [-0.39, 0.29) is 12.4 Å². The van der Waals surface area contributed by atoms with Crippen LogP contribution in [0.2, 0.25) is 0 Å². The van der Waals surface area contributed by atoms with Crippen LogP contribution in [0.4, 0.5) is 0 Å². The van der Waals surface area contributed by atoms with Gasteiger partial charge >= 0.3 is 0 Å². The molecule has 0 amide bonds. The molecule has 2 aromatic carbocycles. The molecule has 0 saturated heterocycles. The van der Waals surface area contributed by atoms with Gasteiger partial charge in [0, 0.05) is 18.6 Å². The molecule has 0 saturated carbocycles. The molecule has 1 N–H and O–H groups in total. The van der Waals surface area contributed by atoms with Crippen LogP contribution in [0.25, 0.3) is 11.1 Å². The largest absolute Gasteiger partial charge is 0.396 e. The van der Waals surface area contributed by atoms with E-state index in [9.17, 15) is 9.90 Å². The standard InChI is InChI=1S/C17H18O2/c1-2-16(19)15-10-6-9-14(11-12-18)17(15)13-7-4-3-5-8-13/h3-10,18H,2,11-12H2,1H3. The number of carbonyl (C=O) groups excluding carboxylic acids is 1. The lowest BCUT2D eigenvalue weighted by molar-refractivity contribution is 0.0988. The summed E-state index contributed by atoms with van der Waals surface area (Å²) >= 11 is 0. The minimum absolute atomic E-state index is 0.0869. The number of aliphatic hydroxyl groups excluding tert-OH is 1. The van der Waals surface area contributed by atoms with Gasteiger partial charge in [-0.15, -0.1) is 0 Å². The maximum atomic E-state index is 12.1. The second-order valence-electron chi connectivity index (χ2n) is 4.46. The highest BCUT2D eigenvalue weighted by atomic mass is 16.2. The van der Waals surface area contributed by atoms with E-state index in [4.69, 9.17) is 0 Å². The number of hydrogen-bond donors (Lipinski definition) is 1. The van der Waals surface area contributed by atoms with Crippen molar-refractivity contribution in [1.29, 1.82) is 0 Å². The molecule has 2 nitrogen and oxygen atoms in total. The van der Waals surface area contributed by atoms with Crippen molar-refractivity contribution in [2.75, 3.05) is 6.61 Å². The fourth-order valence-electron chi connectivity index (χ4n) is 2.30. The van der Waals surface area contributed by atoms with Gasteiger partial charge in [-0.05, 0) is 23.1 Å². The average molecular weight is 254 g/mol. The van der Waals surface area contributed by atoms with Crippen LogP contribution in [0.3, 0.4) is 0 Å². The van der Waals surface area contributed by atoms with Crippen LogP contribution >= 0.6 is 0 Å². The predicted octanol–water partition coefficient (Wildman–Crippen LogP) is 3.48. The summed E-state index contributed by atoms with van der Waals surface area (Å²) in [6.45, 7) is 1.96. The highest BCUT2D eigenvalue weighted by molar-refractivity contribution is 6.02. The maximum Gasteiger partial charge on any atom is 0.163 e. The van der Waals surface area contributed by atoms with Crippen molar-refractivity contribution in [2.45, 2.75) is 19.8 Å². The van der Waals surface area contributed by atoms with Crippen molar-refractivity contribution >= 4 is 5.78 Å². The zero-order valence-corrected chi connectivity index (χ0v) is 11.1. The van der Waals surface area contributed by atoms with Gasteiger partial charge in [-0.2, -0.15) is 0 Å². The number of rotatable bonds is 5. The predicted molar refractivity (Wildman–Crippen MR) is 77.3 cm³/mol. The van der Waals surface area contributed by atoms with Crippen LogP contribution in [0.5, 0.6) is 0 Å². The Bertz CT molecular complexity index is 559. The number of benzene rings is 2. The summed E-state index contributed by atoms with van der Waals surface area (Å²) in [7, 11) is 0. The molecule has 0 aliphatic carbocycles. The Morgan fingerprint density at radius 2 is 1.79 bits per heavy atom. The third kappa shape index (κ3) is 2.91. The van der Waals surface area contributed by atoms with E-state index in [0.717, 1.165) is 22.3 Å². The SMILES string of the molecule is CCC(=O)c1cccc(CCO)c1-c1ccccc1. The average Bonchev–Trinajstić information content (AvgIpc) is 2.47. The van der Waals surface area contributed by atoms with Crippen LogP contribution in [0.1, 0.15) is 29.3 Å². The van der Waals surface area contributed by atoms with Gasteiger partial charge in [-0.1, -0.05) is 55.5 Å². The Balaban J connectivity index is 2.62. The highest BCUT2D eigenvalue weighted by Gasteiger charge is 2.14. The summed E-state index contributed by atoms with van der Waals surface area (Å²) in [5, 5.41) is 9.19. The van der Waals surface area contributed by atoms with Gasteiger partial charge in [0.15, 0.2) is 5.78 Å². The number of ketones is 1. The van der Waals surface area contributed by atoms with Gasteiger partial charge in [-0.3, -0.25) is 4.79 Å². The Morgan fingerprint density at radius 1 is 1.05 bits per heavy atom. The molecular formula is C17H18O2. The number of Topliss-reactive ketones (excluding diaryl/α,β-unsaturated/α-hetero) is 1. The normalized spacial score (nSPS) is 10.4. The van der Waals surface area contributed by atoms with Gasteiger partial charge in [0.25, 0.3) is 0 Å². The molecular weight excluding hydrogens is 236 g/mol. The van der Waals surface area contributed by atoms with Crippen LogP contribution in [0, 0.1) is 0 Å². The lowest BCUT2D eigenvalue weighted by Crippen LogP contribution is -2.04. The molecule has 0 aliphatic rings. The van der Waals surface area contributed by atoms with E-state index in [1.807, 2.05) is 55.5 Å². The molecule has 0 aromatic heterocycles. The minimum Gasteiger partial charge on any atom is -0.396 e. The summed E-state index contributed by atoms with van der Waals surface area (Å²) in [5.74, 6) is 0.138. The molecule has 0 fully saturated rings. The summed E-state index contributed by atoms with van der Waals surface area (Å²) in [6, 6.07) is 15.6. The molecule has 0 aliphatic heterocycles. The van der Waals surface area contributed by atoms with Gasteiger partial charge < -0.3 is 5.11 Å². The van der Waals surface area contributed by atoms with E-state index >= 15 is 0 Å². The Kier molecular flexibility index (Phi) is 4.48. The van der Waals surface area contributed by atoms with Crippen molar-refractivity contribution in [3.05, 3.63) is 59.7 Å². The molecule has 98 valence electrons. The number of carbonyl (C=O) groups is 1. The van der Waals surface area contributed by atoms with Crippen molar-refractivity contribution in [2.24, 2.45) is 0 Å².